The number of anilines is 1. The topological polar surface area (TPSA) is 38.3 Å². The fourth-order valence-electron chi connectivity index (χ4n) is 1.63. The number of hydrogen-bond donors (Lipinski definition) is 1. The molecule has 82 valence electrons. The molecule has 0 fully saturated rings. The van der Waals surface area contributed by atoms with E-state index in [1.54, 1.807) is 7.11 Å². The smallest absolute Gasteiger partial charge is 0.221 e. The first kappa shape index (κ1) is 10.5. The molecule has 0 saturated carbocycles. The molecule has 0 atom stereocenters. The molecule has 0 aliphatic carbocycles. The fraction of sp³-hybridized carbons (Fsp3) is 0.154. The Kier molecular flexibility index (Phi) is 2.77. The number of nitrogens with one attached hydrogen (secondary N) is 1. The van der Waals surface area contributed by atoms with Crippen LogP contribution in [0.3, 0.4) is 0 Å². The summed E-state index contributed by atoms with van der Waals surface area (Å²) in [5.41, 5.74) is 0.810. The maximum absolute atomic E-state index is 10.9. The number of benzene rings is 2. The molecule has 0 radical (unpaired) electrons. The van der Waals surface area contributed by atoms with Gasteiger partial charge in [0.05, 0.1) is 7.11 Å². The van der Waals surface area contributed by atoms with E-state index in [4.69, 9.17) is 4.74 Å². The van der Waals surface area contributed by atoms with Gasteiger partial charge in [-0.25, -0.2) is 0 Å². The first-order chi connectivity index (χ1) is 7.69. The molecule has 0 aliphatic rings. The summed E-state index contributed by atoms with van der Waals surface area (Å²) in [4.78, 5) is 10.9. The Morgan fingerprint density at radius 2 is 1.81 bits per heavy atom. The lowest BCUT2D eigenvalue weighted by Crippen LogP contribution is -2.05. The Hall–Kier alpha value is -2.03. The summed E-state index contributed by atoms with van der Waals surface area (Å²) in [6.45, 7) is 1.50. The van der Waals surface area contributed by atoms with Crippen LogP contribution in [-0.4, -0.2) is 13.0 Å². The third-order valence-corrected chi connectivity index (χ3v) is 2.37. The summed E-state index contributed by atoms with van der Waals surface area (Å²) >= 11 is 0. The van der Waals surface area contributed by atoms with Crippen molar-refractivity contribution in [2.45, 2.75) is 6.92 Å². The lowest BCUT2D eigenvalue weighted by molar-refractivity contribution is -0.114. The van der Waals surface area contributed by atoms with Crippen LogP contribution in [0.1, 0.15) is 6.92 Å². The number of ether oxygens (including phenoxy) is 1. The molecule has 0 aliphatic heterocycles. The first-order valence-electron chi connectivity index (χ1n) is 5.04. The minimum Gasteiger partial charge on any atom is -0.497 e. The summed E-state index contributed by atoms with van der Waals surface area (Å²) in [6, 6.07) is 11.6. The zero-order valence-corrected chi connectivity index (χ0v) is 9.28. The molecule has 2 aromatic carbocycles. The molecular formula is C13H13NO2. The van der Waals surface area contributed by atoms with Crippen molar-refractivity contribution in [1.29, 1.82) is 0 Å². The van der Waals surface area contributed by atoms with Crippen LogP contribution >= 0.6 is 0 Å². The zero-order valence-electron chi connectivity index (χ0n) is 9.28. The number of carbonyl (C=O) groups is 1. The van der Waals surface area contributed by atoms with Crippen molar-refractivity contribution >= 4 is 22.4 Å². The van der Waals surface area contributed by atoms with Gasteiger partial charge in [0.2, 0.25) is 5.91 Å². The highest BCUT2D eigenvalue weighted by Gasteiger charge is 1.99. The maximum atomic E-state index is 10.9. The monoisotopic (exact) mass is 215 g/mol. The van der Waals surface area contributed by atoms with Crippen LogP contribution in [0.25, 0.3) is 10.8 Å². The van der Waals surface area contributed by atoms with Gasteiger partial charge in [0.1, 0.15) is 5.75 Å². The average Bonchev–Trinajstić information content (AvgIpc) is 2.27. The SMILES string of the molecule is COc1ccc2cc(NC(C)=O)ccc2c1. The first-order valence-corrected chi connectivity index (χ1v) is 5.04. The van der Waals surface area contributed by atoms with E-state index < -0.39 is 0 Å². The summed E-state index contributed by atoms with van der Waals surface area (Å²) in [5.74, 6) is 0.771. The van der Waals surface area contributed by atoms with E-state index >= 15 is 0 Å². The molecule has 1 N–H and O–H groups in total. The van der Waals surface area contributed by atoms with Crippen LogP contribution in [0.4, 0.5) is 5.69 Å². The highest BCUT2D eigenvalue weighted by Crippen LogP contribution is 2.23. The Morgan fingerprint density at radius 3 is 2.50 bits per heavy atom. The van der Waals surface area contributed by atoms with Gasteiger partial charge in [0.25, 0.3) is 0 Å². The molecular weight excluding hydrogens is 202 g/mol. The molecule has 0 bridgehead atoms. The second-order valence-electron chi connectivity index (χ2n) is 3.61. The highest BCUT2D eigenvalue weighted by atomic mass is 16.5. The maximum Gasteiger partial charge on any atom is 0.221 e. The van der Waals surface area contributed by atoms with E-state index in [0.717, 1.165) is 22.2 Å². The molecule has 1 amide bonds. The zero-order chi connectivity index (χ0) is 11.5. The molecule has 0 heterocycles. The van der Waals surface area contributed by atoms with E-state index in [9.17, 15) is 4.79 Å². The van der Waals surface area contributed by atoms with Gasteiger partial charge in [0, 0.05) is 12.6 Å². The summed E-state index contributed by atoms with van der Waals surface area (Å²) in [5, 5.41) is 4.92. The average molecular weight is 215 g/mol. The Bertz CT molecular complexity index is 534. The Labute approximate surface area is 94.0 Å². The molecule has 3 heteroatoms. The van der Waals surface area contributed by atoms with Crippen molar-refractivity contribution in [2.24, 2.45) is 0 Å². The second kappa shape index (κ2) is 4.23. The van der Waals surface area contributed by atoms with Gasteiger partial charge in [-0.2, -0.15) is 0 Å². The van der Waals surface area contributed by atoms with E-state index in [1.165, 1.54) is 6.92 Å². The van der Waals surface area contributed by atoms with Crippen LogP contribution in [0.15, 0.2) is 36.4 Å². The second-order valence-corrected chi connectivity index (χ2v) is 3.61. The number of carbonyl (C=O) groups excluding carboxylic acids is 1. The highest BCUT2D eigenvalue weighted by molar-refractivity contribution is 5.93. The largest absolute Gasteiger partial charge is 0.497 e. The lowest BCUT2D eigenvalue weighted by atomic mass is 10.1. The predicted octanol–water partition coefficient (Wildman–Crippen LogP) is 2.81. The van der Waals surface area contributed by atoms with Crippen molar-refractivity contribution in [3.05, 3.63) is 36.4 Å². The molecule has 0 aromatic heterocycles. The van der Waals surface area contributed by atoms with Crippen molar-refractivity contribution < 1.29 is 9.53 Å². The number of rotatable bonds is 2. The van der Waals surface area contributed by atoms with E-state index in [2.05, 4.69) is 5.32 Å². The molecule has 2 rings (SSSR count). The van der Waals surface area contributed by atoms with Crippen molar-refractivity contribution in [2.75, 3.05) is 12.4 Å². The van der Waals surface area contributed by atoms with Crippen molar-refractivity contribution in [1.82, 2.24) is 0 Å². The van der Waals surface area contributed by atoms with Gasteiger partial charge in [-0.1, -0.05) is 12.1 Å². The fourth-order valence-corrected chi connectivity index (χ4v) is 1.63. The minimum absolute atomic E-state index is 0.0622. The van der Waals surface area contributed by atoms with Gasteiger partial charge in [-0.3, -0.25) is 4.79 Å². The minimum atomic E-state index is -0.0622. The van der Waals surface area contributed by atoms with Crippen molar-refractivity contribution in [3.63, 3.8) is 0 Å². The summed E-state index contributed by atoms with van der Waals surface area (Å²) in [7, 11) is 1.65. The van der Waals surface area contributed by atoms with E-state index in [1.807, 2.05) is 36.4 Å². The van der Waals surface area contributed by atoms with Gasteiger partial charge < -0.3 is 10.1 Å². The van der Waals surface area contributed by atoms with Crippen LogP contribution in [-0.2, 0) is 4.79 Å². The normalized spacial score (nSPS) is 10.1. The number of amides is 1. The van der Waals surface area contributed by atoms with Crippen molar-refractivity contribution in [3.8, 4) is 5.75 Å². The predicted molar refractivity (Wildman–Crippen MR) is 64.8 cm³/mol. The van der Waals surface area contributed by atoms with Gasteiger partial charge in [-0.15, -0.1) is 0 Å². The van der Waals surface area contributed by atoms with Gasteiger partial charge in [0.15, 0.2) is 0 Å². The summed E-state index contributed by atoms with van der Waals surface area (Å²) in [6.07, 6.45) is 0. The lowest BCUT2D eigenvalue weighted by Gasteiger charge is -2.05. The van der Waals surface area contributed by atoms with Gasteiger partial charge >= 0.3 is 0 Å². The Balaban J connectivity index is 2.43. The van der Waals surface area contributed by atoms with Crippen LogP contribution in [0.5, 0.6) is 5.75 Å². The molecule has 0 saturated heterocycles. The van der Waals surface area contributed by atoms with E-state index in [0.29, 0.717) is 0 Å². The number of methoxy groups -OCH3 is 1. The molecule has 16 heavy (non-hydrogen) atoms. The standard InChI is InChI=1S/C13H13NO2/c1-9(15)14-12-5-3-11-8-13(16-2)6-4-10(11)7-12/h3-8H,1-2H3,(H,14,15). The number of hydrogen-bond acceptors (Lipinski definition) is 2. The number of fused-ring (bicyclic) bond motifs is 1. The van der Waals surface area contributed by atoms with Crippen LogP contribution in [0, 0.1) is 0 Å². The Morgan fingerprint density at radius 1 is 1.12 bits per heavy atom. The van der Waals surface area contributed by atoms with Gasteiger partial charge in [-0.05, 0) is 35.0 Å². The third-order valence-electron chi connectivity index (χ3n) is 2.37. The van der Waals surface area contributed by atoms with Crippen LogP contribution in [0.2, 0.25) is 0 Å². The summed E-state index contributed by atoms with van der Waals surface area (Å²) < 4.78 is 5.15. The molecule has 0 unspecified atom stereocenters. The molecule has 2 aromatic rings. The molecule has 0 spiro atoms. The van der Waals surface area contributed by atoms with E-state index in [-0.39, 0.29) is 5.91 Å². The molecule has 3 nitrogen and oxygen atoms in total. The van der Waals surface area contributed by atoms with Crippen LogP contribution < -0.4 is 10.1 Å². The quantitative estimate of drug-likeness (QED) is 0.836. The third kappa shape index (κ3) is 2.14.